The van der Waals surface area contributed by atoms with Crippen molar-refractivity contribution in [2.75, 3.05) is 35.5 Å². The number of rotatable bonds is 17. The van der Waals surface area contributed by atoms with E-state index in [0.717, 1.165) is 0 Å². The van der Waals surface area contributed by atoms with Gasteiger partial charge in [0.05, 0.1) is 41.2 Å². The van der Waals surface area contributed by atoms with E-state index in [4.69, 9.17) is 28.1 Å². The first-order valence-electron chi connectivity index (χ1n) is 14.3. The largest absolute Gasteiger partial charge is 0.468 e. The molecule has 0 heterocycles. The van der Waals surface area contributed by atoms with Crippen LogP contribution in [0.1, 0.15) is 65.7 Å². The van der Waals surface area contributed by atoms with Gasteiger partial charge in [0.2, 0.25) is 0 Å². The first kappa shape index (κ1) is 38.0. The minimum absolute atomic E-state index is 0.0268. The molecule has 0 unspecified atom stereocenters. The van der Waals surface area contributed by atoms with Crippen molar-refractivity contribution in [3.8, 4) is 0 Å². The highest BCUT2D eigenvalue weighted by Gasteiger charge is 2.73. The van der Waals surface area contributed by atoms with E-state index >= 15 is 0 Å². The molecule has 0 bridgehead atoms. The lowest BCUT2D eigenvalue weighted by atomic mass is 9.78. The maximum absolute atomic E-state index is 13.1. The predicted octanol–water partition coefficient (Wildman–Crippen LogP) is 4.69. The zero-order chi connectivity index (χ0) is 33.3. The molecule has 0 saturated heterocycles. The van der Waals surface area contributed by atoms with Gasteiger partial charge in [-0.15, -0.1) is 6.58 Å². The summed E-state index contributed by atoms with van der Waals surface area (Å²) in [7, 11) is 3.75. The SMILES string of the molecule is C=C[C@]1(O[Si](C)(C)C(C)(C)C)C[C@]1(C/C=C/CC(CCCCC(C(=O)OC)C(=O)OC)(C(=O)OC)C(=O)OC)C(=O)OC. The monoisotopic (exact) mass is 626 g/mol. The standard InChI is InChI=1S/C31H50O11Si/c1-12-31(42-43(10,11)28(2,3)4)21-30(31,27(36)41-9)20-16-15-19-29(25(34)39-7,26(35)40-8)18-14-13-17-22(23(32)37-5)24(33)38-6/h12,15-16,22H,1,13-14,17-21H2,2-11H3/b16-15+/t30-,31+/m1/s1. The summed E-state index contributed by atoms with van der Waals surface area (Å²) >= 11 is 0. The molecular weight excluding hydrogens is 576 g/mol. The van der Waals surface area contributed by atoms with Crippen molar-refractivity contribution < 1.29 is 52.1 Å². The number of ether oxygens (including phenoxy) is 5. The number of unbranched alkanes of at least 4 members (excludes halogenated alkanes) is 1. The third-order valence-electron chi connectivity index (χ3n) is 8.97. The second kappa shape index (κ2) is 15.1. The van der Waals surface area contributed by atoms with Crippen molar-refractivity contribution in [2.24, 2.45) is 16.7 Å². The van der Waals surface area contributed by atoms with Crippen LogP contribution < -0.4 is 0 Å². The summed E-state index contributed by atoms with van der Waals surface area (Å²) in [5.41, 5.74) is -3.57. The van der Waals surface area contributed by atoms with Crippen molar-refractivity contribution in [1.82, 2.24) is 0 Å². The molecule has 1 rings (SSSR count). The van der Waals surface area contributed by atoms with Gasteiger partial charge in [0.1, 0.15) is 5.41 Å². The highest BCUT2D eigenvalue weighted by atomic mass is 28.4. The summed E-state index contributed by atoms with van der Waals surface area (Å²) in [6.45, 7) is 14.5. The summed E-state index contributed by atoms with van der Waals surface area (Å²) in [6.07, 6.45) is 6.37. The van der Waals surface area contributed by atoms with Gasteiger partial charge in [-0.05, 0) is 50.2 Å². The Labute approximate surface area is 256 Å². The number of methoxy groups -OCH3 is 5. The Balaban J connectivity index is 3.22. The molecule has 0 N–H and O–H groups in total. The maximum atomic E-state index is 13.1. The average molecular weight is 627 g/mol. The fourth-order valence-corrected chi connectivity index (χ4v) is 6.70. The lowest BCUT2D eigenvalue weighted by Crippen LogP contribution is -2.46. The molecule has 11 nitrogen and oxygen atoms in total. The van der Waals surface area contributed by atoms with Gasteiger partial charge < -0.3 is 28.1 Å². The molecule has 0 spiro atoms. The molecule has 0 aromatic carbocycles. The van der Waals surface area contributed by atoms with Gasteiger partial charge in [0, 0.05) is 0 Å². The fraction of sp³-hybridized carbons (Fsp3) is 0.710. The van der Waals surface area contributed by atoms with Gasteiger partial charge in [-0.3, -0.25) is 24.0 Å². The summed E-state index contributed by atoms with van der Waals surface area (Å²) in [5, 5.41) is -0.0996. The van der Waals surface area contributed by atoms with Crippen LogP contribution in [0.2, 0.25) is 18.1 Å². The normalized spacial score (nSPS) is 20.3. The van der Waals surface area contributed by atoms with E-state index in [1.54, 1.807) is 18.2 Å². The molecule has 1 aliphatic carbocycles. The summed E-state index contributed by atoms with van der Waals surface area (Å²) < 4.78 is 31.3. The van der Waals surface area contributed by atoms with Crippen LogP contribution in [-0.4, -0.2) is 79.3 Å². The van der Waals surface area contributed by atoms with Crippen LogP contribution in [0.15, 0.2) is 24.8 Å². The van der Waals surface area contributed by atoms with E-state index < -0.39 is 60.5 Å². The van der Waals surface area contributed by atoms with Gasteiger partial charge in [-0.1, -0.05) is 51.8 Å². The van der Waals surface area contributed by atoms with Crippen LogP contribution in [0, 0.1) is 16.7 Å². The van der Waals surface area contributed by atoms with Crippen LogP contribution in [0.3, 0.4) is 0 Å². The Morgan fingerprint density at radius 1 is 0.837 bits per heavy atom. The first-order valence-corrected chi connectivity index (χ1v) is 17.2. The third-order valence-corrected chi connectivity index (χ3v) is 13.5. The number of allylic oxidation sites excluding steroid dienone is 2. The zero-order valence-corrected chi connectivity index (χ0v) is 28.5. The average Bonchev–Trinajstić information content (AvgIpc) is 3.62. The Morgan fingerprint density at radius 3 is 1.79 bits per heavy atom. The second-order valence-corrected chi connectivity index (χ2v) is 17.2. The van der Waals surface area contributed by atoms with Crippen molar-refractivity contribution in [1.29, 1.82) is 0 Å². The molecule has 0 radical (unpaired) electrons. The van der Waals surface area contributed by atoms with Crippen LogP contribution in [-0.2, 0) is 52.1 Å². The van der Waals surface area contributed by atoms with Crippen LogP contribution in [0.5, 0.6) is 0 Å². The zero-order valence-electron chi connectivity index (χ0n) is 27.5. The van der Waals surface area contributed by atoms with E-state index in [0.29, 0.717) is 12.8 Å². The van der Waals surface area contributed by atoms with Crippen molar-refractivity contribution in [3.05, 3.63) is 24.8 Å². The molecule has 0 amide bonds. The minimum atomic E-state index is -2.29. The van der Waals surface area contributed by atoms with Crippen LogP contribution >= 0.6 is 0 Å². The van der Waals surface area contributed by atoms with Gasteiger partial charge in [0.15, 0.2) is 19.7 Å². The molecule has 1 aliphatic rings. The van der Waals surface area contributed by atoms with Gasteiger partial charge >= 0.3 is 29.8 Å². The number of carbonyl (C=O) groups is 5. The molecule has 2 atom stereocenters. The molecule has 244 valence electrons. The van der Waals surface area contributed by atoms with E-state index in [9.17, 15) is 24.0 Å². The highest BCUT2D eigenvalue weighted by molar-refractivity contribution is 6.74. The minimum Gasteiger partial charge on any atom is -0.468 e. The van der Waals surface area contributed by atoms with Gasteiger partial charge in [-0.2, -0.15) is 0 Å². The Kier molecular flexibility index (Phi) is 13.4. The topological polar surface area (TPSA) is 141 Å². The predicted molar refractivity (Wildman–Crippen MR) is 161 cm³/mol. The van der Waals surface area contributed by atoms with Crippen LogP contribution in [0.4, 0.5) is 0 Å². The van der Waals surface area contributed by atoms with Crippen molar-refractivity contribution >= 4 is 38.2 Å². The van der Waals surface area contributed by atoms with Crippen LogP contribution in [0.25, 0.3) is 0 Å². The van der Waals surface area contributed by atoms with E-state index in [1.807, 2.05) is 0 Å². The maximum Gasteiger partial charge on any atom is 0.323 e. The third kappa shape index (κ3) is 8.14. The quantitative estimate of drug-likeness (QED) is 0.0555. The summed E-state index contributed by atoms with van der Waals surface area (Å²) in [6, 6.07) is 0. The first-order chi connectivity index (χ1) is 19.9. The van der Waals surface area contributed by atoms with Crippen molar-refractivity contribution in [3.63, 3.8) is 0 Å². The molecule has 0 aromatic heterocycles. The molecular formula is C31H50O11Si. The van der Waals surface area contributed by atoms with E-state index in [2.05, 4.69) is 40.4 Å². The highest BCUT2D eigenvalue weighted by Crippen LogP contribution is 2.65. The number of esters is 5. The molecule has 1 saturated carbocycles. The number of carbonyl (C=O) groups excluding carboxylic acids is 5. The summed E-state index contributed by atoms with van der Waals surface area (Å²) in [5.74, 6) is -4.56. The van der Waals surface area contributed by atoms with E-state index in [-0.39, 0.29) is 37.1 Å². The number of hydrogen-bond acceptors (Lipinski definition) is 11. The van der Waals surface area contributed by atoms with E-state index in [1.165, 1.54) is 35.5 Å². The Hall–Kier alpha value is -2.99. The fourth-order valence-electron chi connectivity index (χ4n) is 5.13. The smallest absolute Gasteiger partial charge is 0.323 e. The Morgan fingerprint density at radius 2 is 1.37 bits per heavy atom. The molecule has 0 aromatic rings. The lowest BCUT2D eigenvalue weighted by Gasteiger charge is -2.40. The molecule has 43 heavy (non-hydrogen) atoms. The Bertz CT molecular complexity index is 1040. The lowest BCUT2D eigenvalue weighted by molar-refractivity contribution is -0.170. The number of hydrogen-bond donors (Lipinski definition) is 0. The van der Waals surface area contributed by atoms with Gasteiger partial charge in [0.25, 0.3) is 0 Å². The van der Waals surface area contributed by atoms with Gasteiger partial charge in [-0.25, -0.2) is 0 Å². The second-order valence-electron chi connectivity index (χ2n) is 12.5. The molecule has 0 aliphatic heterocycles. The van der Waals surface area contributed by atoms with Crippen molar-refractivity contribution in [2.45, 2.75) is 89.5 Å². The molecule has 1 fully saturated rings. The molecule has 12 heteroatoms. The summed E-state index contributed by atoms with van der Waals surface area (Å²) in [4.78, 5) is 63.2.